The first-order valence-corrected chi connectivity index (χ1v) is 13.3. The van der Waals surface area contributed by atoms with E-state index in [1.807, 2.05) is 10.6 Å². The van der Waals surface area contributed by atoms with Crippen LogP contribution >= 0.6 is 11.3 Å². The van der Waals surface area contributed by atoms with Crippen LogP contribution in [0.4, 0.5) is 0 Å². The highest BCUT2D eigenvalue weighted by atomic mass is 32.1. The molecule has 3 aromatic rings. The first-order valence-electron chi connectivity index (χ1n) is 12.5. The molecule has 0 spiro atoms. The van der Waals surface area contributed by atoms with E-state index in [2.05, 4.69) is 34.5 Å². The highest BCUT2D eigenvalue weighted by molar-refractivity contribution is 7.15. The fourth-order valence-electron chi connectivity index (χ4n) is 5.24. The fourth-order valence-corrected chi connectivity index (χ4v) is 6.45. The third-order valence-corrected chi connectivity index (χ3v) is 8.62. The number of thiophene rings is 1. The van der Waals surface area contributed by atoms with Crippen LogP contribution in [0.15, 0.2) is 35.3 Å². The number of hydrogen-bond acceptors (Lipinski definition) is 7. The molecule has 8 nitrogen and oxygen atoms in total. The van der Waals surface area contributed by atoms with Gasteiger partial charge in [0, 0.05) is 59.3 Å². The fraction of sp³-hybridized carbons (Fsp3) is 0.407. The molecule has 1 saturated carbocycles. The van der Waals surface area contributed by atoms with Crippen LogP contribution in [0.25, 0.3) is 27.0 Å². The maximum Gasteiger partial charge on any atom is 0.341 e. The van der Waals surface area contributed by atoms with E-state index in [1.165, 1.54) is 16.6 Å². The number of nitrogens with one attached hydrogen (secondary N) is 1. The van der Waals surface area contributed by atoms with Gasteiger partial charge in [0.1, 0.15) is 5.56 Å². The van der Waals surface area contributed by atoms with E-state index in [-0.39, 0.29) is 11.6 Å². The summed E-state index contributed by atoms with van der Waals surface area (Å²) >= 11 is 1.77. The number of pyridine rings is 1. The Hall–Kier alpha value is -3.14. The average Bonchev–Trinajstić information content (AvgIpc) is 3.62. The van der Waals surface area contributed by atoms with Gasteiger partial charge in [-0.3, -0.25) is 4.79 Å². The molecule has 0 unspecified atom stereocenters. The van der Waals surface area contributed by atoms with Gasteiger partial charge in [-0.25, -0.2) is 9.80 Å². The van der Waals surface area contributed by atoms with Crippen LogP contribution in [0.3, 0.4) is 0 Å². The molecule has 0 atom stereocenters. The minimum absolute atomic E-state index is 0.189. The summed E-state index contributed by atoms with van der Waals surface area (Å²) in [6.07, 6.45) is 7.70. The molecule has 1 aromatic carbocycles. The van der Waals surface area contributed by atoms with Crippen LogP contribution in [0.2, 0.25) is 0 Å². The number of carboxylic acid groups (broad SMARTS) is 1. The van der Waals surface area contributed by atoms with Gasteiger partial charge in [0.05, 0.1) is 23.7 Å². The van der Waals surface area contributed by atoms with Gasteiger partial charge >= 0.3 is 5.97 Å². The second-order valence-corrected chi connectivity index (χ2v) is 11.0. The number of hydrogen-bond donors (Lipinski definition) is 2. The highest BCUT2D eigenvalue weighted by Gasteiger charge is 2.30. The molecule has 0 radical (unpaired) electrons. The minimum atomic E-state index is -1.20. The number of aryl methyl sites for hydroxylation is 1. The molecule has 188 valence electrons. The Morgan fingerprint density at radius 1 is 1.17 bits per heavy atom. The van der Waals surface area contributed by atoms with Crippen molar-refractivity contribution in [3.8, 4) is 16.2 Å². The first-order chi connectivity index (χ1) is 17.4. The number of aromatic nitrogens is 1. The van der Waals surface area contributed by atoms with E-state index in [0.29, 0.717) is 16.7 Å². The summed E-state index contributed by atoms with van der Waals surface area (Å²) in [4.78, 5) is 29.5. The van der Waals surface area contributed by atoms with Crippen molar-refractivity contribution in [1.29, 1.82) is 0 Å². The number of nitrogens with zero attached hydrogens (tertiary/aromatic N) is 3. The highest BCUT2D eigenvalue weighted by Crippen LogP contribution is 2.45. The Morgan fingerprint density at radius 3 is 2.64 bits per heavy atom. The Balaban J connectivity index is 1.43. The first kappa shape index (κ1) is 23.3. The lowest BCUT2D eigenvalue weighted by Gasteiger charge is -2.34. The van der Waals surface area contributed by atoms with Crippen molar-refractivity contribution in [2.75, 3.05) is 40.3 Å². The zero-order valence-corrected chi connectivity index (χ0v) is 21.4. The van der Waals surface area contributed by atoms with Crippen molar-refractivity contribution in [2.24, 2.45) is 0 Å². The predicted molar refractivity (Wildman–Crippen MR) is 142 cm³/mol. The Labute approximate surface area is 213 Å². The zero-order valence-electron chi connectivity index (χ0n) is 20.5. The van der Waals surface area contributed by atoms with Crippen molar-refractivity contribution in [1.82, 2.24) is 19.9 Å². The molecule has 1 saturated heterocycles. The quantitative estimate of drug-likeness (QED) is 0.526. The van der Waals surface area contributed by atoms with Gasteiger partial charge in [-0.1, -0.05) is 6.08 Å². The standard InChI is InChI=1S/C27H30N4O4S/c1-29-10-12-30(13-11-29)28-21-4-3-5-22-19(21)14-23(36-22)17-8-9-18-24(26(17)35-2)31(16-6-7-16)15-20(25(18)32)27(33)34/h4,8-9,14-16,28H,3,5-7,10-13H2,1-2H3,(H,33,34). The van der Waals surface area contributed by atoms with Crippen molar-refractivity contribution in [2.45, 2.75) is 31.7 Å². The molecule has 6 rings (SSSR count). The number of hydrazine groups is 1. The SMILES string of the molecule is COc1c(-c2cc3c(s2)CCC=C3NN2CCN(C)CC2)ccc2c(=O)c(C(=O)O)cn(C3CC3)c12. The maximum atomic E-state index is 13.0. The van der Waals surface area contributed by atoms with E-state index in [0.717, 1.165) is 68.0 Å². The zero-order chi connectivity index (χ0) is 25.0. The summed E-state index contributed by atoms with van der Waals surface area (Å²) in [6, 6.07) is 6.08. The summed E-state index contributed by atoms with van der Waals surface area (Å²) in [6.45, 7) is 4.05. The lowest BCUT2D eigenvalue weighted by atomic mass is 10.0. The second kappa shape index (κ2) is 9.06. The van der Waals surface area contributed by atoms with Crippen molar-refractivity contribution >= 4 is 33.9 Å². The van der Waals surface area contributed by atoms with Gasteiger partial charge < -0.3 is 24.7 Å². The Bertz CT molecular complexity index is 1440. The van der Waals surface area contributed by atoms with Gasteiger partial charge in [-0.05, 0) is 50.9 Å². The van der Waals surface area contributed by atoms with Crippen LogP contribution in [0, 0.1) is 0 Å². The van der Waals surface area contributed by atoms with E-state index >= 15 is 0 Å². The van der Waals surface area contributed by atoms with Gasteiger partial charge in [0.2, 0.25) is 5.43 Å². The number of carbonyl (C=O) groups is 1. The van der Waals surface area contributed by atoms with E-state index < -0.39 is 11.4 Å². The van der Waals surface area contributed by atoms with E-state index in [9.17, 15) is 14.7 Å². The monoisotopic (exact) mass is 506 g/mol. The largest absolute Gasteiger partial charge is 0.494 e. The predicted octanol–water partition coefficient (Wildman–Crippen LogP) is 3.81. The van der Waals surface area contributed by atoms with Crippen LogP contribution in [0.1, 0.15) is 46.1 Å². The van der Waals surface area contributed by atoms with Crippen LogP contribution in [-0.2, 0) is 6.42 Å². The summed E-state index contributed by atoms with van der Waals surface area (Å²) in [7, 11) is 3.78. The van der Waals surface area contributed by atoms with Crippen LogP contribution in [0.5, 0.6) is 5.75 Å². The summed E-state index contributed by atoms with van der Waals surface area (Å²) < 4.78 is 7.87. The normalized spacial score (nSPS) is 18.7. The summed E-state index contributed by atoms with van der Waals surface area (Å²) in [5, 5.41) is 12.3. The van der Waals surface area contributed by atoms with E-state index in [4.69, 9.17) is 4.74 Å². The molecule has 9 heteroatoms. The third kappa shape index (κ3) is 4.01. The minimum Gasteiger partial charge on any atom is -0.494 e. The Kier molecular flexibility index (Phi) is 5.86. The molecule has 3 heterocycles. The number of methoxy groups -OCH3 is 1. The molecular weight excluding hydrogens is 476 g/mol. The number of piperazine rings is 1. The van der Waals surface area contributed by atoms with Crippen molar-refractivity contribution < 1.29 is 14.6 Å². The average molecular weight is 507 g/mol. The van der Waals surface area contributed by atoms with Gasteiger partial charge in [-0.15, -0.1) is 11.3 Å². The molecule has 2 aliphatic carbocycles. The van der Waals surface area contributed by atoms with Crippen LogP contribution in [-0.4, -0.2) is 65.9 Å². The van der Waals surface area contributed by atoms with Gasteiger partial charge in [0.15, 0.2) is 5.75 Å². The van der Waals surface area contributed by atoms with Gasteiger partial charge in [0.25, 0.3) is 0 Å². The van der Waals surface area contributed by atoms with E-state index in [1.54, 1.807) is 24.5 Å². The molecule has 3 aliphatic rings. The second-order valence-electron chi connectivity index (χ2n) is 9.86. The number of benzene rings is 1. The molecule has 2 fully saturated rings. The molecule has 2 N–H and O–H groups in total. The lowest BCUT2D eigenvalue weighted by molar-refractivity contribution is 0.0695. The number of aromatic carboxylic acids is 1. The summed E-state index contributed by atoms with van der Waals surface area (Å²) in [5.41, 5.74) is 6.99. The molecule has 36 heavy (non-hydrogen) atoms. The molecule has 2 aromatic heterocycles. The van der Waals surface area contributed by atoms with Crippen LogP contribution < -0.4 is 15.6 Å². The summed E-state index contributed by atoms with van der Waals surface area (Å²) in [5.74, 6) is -0.568. The van der Waals surface area contributed by atoms with Crippen molar-refractivity contribution in [3.63, 3.8) is 0 Å². The number of likely N-dealkylation sites (N-methyl/N-ethyl adjacent to an activating group) is 1. The number of rotatable bonds is 6. The molecule has 0 bridgehead atoms. The number of ether oxygens (including phenoxy) is 1. The maximum absolute atomic E-state index is 13.0. The topological polar surface area (TPSA) is 87.0 Å². The number of allylic oxidation sites excluding steroid dienone is 1. The molecular formula is C27H30N4O4S. The Morgan fingerprint density at radius 2 is 1.94 bits per heavy atom. The lowest BCUT2D eigenvalue weighted by Crippen LogP contribution is -2.50. The smallest absolute Gasteiger partial charge is 0.341 e. The third-order valence-electron chi connectivity index (χ3n) is 7.39. The molecule has 1 aliphatic heterocycles. The molecule has 0 amide bonds. The van der Waals surface area contributed by atoms with Crippen molar-refractivity contribution in [3.05, 3.63) is 56.7 Å². The number of carboxylic acids is 1. The van der Waals surface area contributed by atoms with Gasteiger partial charge in [-0.2, -0.15) is 0 Å². The number of fused-ring (bicyclic) bond motifs is 2.